The highest BCUT2D eigenvalue weighted by atomic mass is 79.9. The van der Waals surface area contributed by atoms with Gasteiger partial charge in [-0.05, 0) is 15.9 Å². The molecule has 2 aromatic rings. The topological polar surface area (TPSA) is 59.9 Å². The van der Waals surface area contributed by atoms with Gasteiger partial charge in [-0.1, -0.05) is 20.8 Å². The van der Waals surface area contributed by atoms with Gasteiger partial charge in [-0.25, -0.2) is 15.0 Å². The molecular weight excluding hydrogens is 352 g/mol. The zero-order valence-electron chi connectivity index (χ0n) is 12.8. The van der Waals surface area contributed by atoms with Gasteiger partial charge in [0.1, 0.15) is 11.5 Å². The van der Waals surface area contributed by atoms with Crippen LogP contribution < -0.4 is 5.32 Å². The molecule has 0 atom stereocenters. The highest BCUT2D eigenvalue weighted by molar-refractivity contribution is 9.10. The Hall–Kier alpha value is -1.05. The number of anilines is 1. The molecule has 0 aliphatic carbocycles. The van der Waals surface area contributed by atoms with E-state index < -0.39 is 0 Å². The number of thiazole rings is 1. The Labute approximate surface area is 137 Å². The second kappa shape index (κ2) is 6.37. The first-order valence-electron chi connectivity index (χ1n) is 6.56. The monoisotopic (exact) mass is 370 g/mol. The summed E-state index contributed by atoms with van der Waals surface area (Å²) in [5, 5.41) is 6.14. The van der Waals surface area contributed by atoms with Gasteiger partial charge in [-0.15, -0.1) is 11.3 Å². The average molecular weight is 371 g/mol. The molecule has 0 bridgehead atoms. The molecule has 0 aliphatic rings. The number of halogens is 1. The maximum absolute atomic E-state index is 5.19. The molecule has 0 saturated heterocycles. The van der Waals surface area contributed by atoms with Crippen molar-refractivity contribution >= 4 is 33.1 Å². The molecule has 21 heavy (non-hydrogen) atoms. The molecule has 2 heterocycles. The van der Waals surface area contributed by atoms with Crippen molar-refractivity contribution in [3.63, 3.8) is 0 Å². The van der Waals surface area contributed by atoms with E-state index in [4.69, 9.17) is 4.74 Å². The van der Waals surface area contributed by atoms with Gasteiger partial charge in [0.05, 0.1) is 21.8 Å². The molecule has 0 spiro atoms. The van der Waals surface area contributed by atoms with E-state index in [9.17, 15) is 0 Å². The minimum absolute atomic E-state index is 0.0273. The molecule has 0 radical (unpaired) electrons. The molecule has 114 valence electrons. The van der Waals surface area contributed by atoms with E-state index in [2.05, 4.69) is 57.0 Å². The predicted octanol–water partition coefficient (Wildman–Crippen LogP) is 3.85. The van der Waals surface area contributed by atoms with Crippen LogP contribution in [0.4, 0.5) is 5.82 Å². The van der Waals surface area contributed by atoms with E-state index >= 15 is 0 Å². The van der Waals surface area contributed by atoms with Crippen molar-refractivity contribution < 1.29 is 4.74 Å². The summed E-state index contributed by atoms with van der Waals surface area (Å²) in [6.45, 7) is 6.86. The van der Waals surface area contributed by atoms with Gasteiger partial charge in [0.25, 0.3) is 0 Å². The lowest BCUT2D eigenvalue weighted by atomic mass is 9.98. The highest BCUT2D eigenvalue weighted by Gasteiger charge is 2.20. The second-order valence-corrected chi connectivity index (χ2v) is 7.28. The van der Waals surface area contributed by atoms with Crippen LogP contribution in [0.2, 0.25) is 0 Å². The van der Waals surface area contributed by atoms with Gasteiger partial charge >= 0.3 is 0 Å². The standard InChI is InChI=1S/C14H19BrN4OS/c1-14(2,3)13-18-9(7-21-13)11-17-8(6-20-5)10(15)12(16-4)19-11/h7H,6H2,1-5H3,(H,16,17,19). The molecule has 5 nitrogen and oxygen atoms in total. The van der Waals surface area contributed by atoms with E-state index in [1.165, 1.54) is 0 Å². The normalized spacial score (nSPS) is 11.7. The number of rotatable bonds is 4. The van der Waals surface area contributed by atoms with Crippen molar-refractivity contribution in [3.8, 4) is 11.5 Å². The van der Waals surface area contributed by atoms with E-state index in [0.717, 1.165) is 26.7 Å². The summed E-state index contributed by atoms with van der Waals surface area (Å²) in [4.78, 5) is 13.7. The van der Waals surface area contributed by atoms with Crippen LogP contribution in [-0.4, -0.2) is 29.1 Å². The summed E-state index contributed by atoms with van der Waals surface area (Å²) in [7, 11) is 3.48. The van der Waals surface area contributed by atoms with Gasteiger partial charge < -0.3 is 10.1 Å². The summed E-state index contributed by atoms with van der Waals surface area (Å²) >= 11 is 5.13. The lowest BCUT2D eigenvalue weighted by molar-refractivity contribution is 0.181. The number of methoxy groups -OCH3 is 1. The fourth-order valence-corrected chi connectivity index (χ4v) is 3.10. The number of hydrogen-bond donors (Lipinski definition) is 1. The maximum atomic E-state index is 5.19. The number of aromatic nitrogens is 3. The second-order valence-electron chi connectivity index (χ2n) is 5.63. The van der Waals surface area contributed by atoms with Crippen LogP contribution in [0.15, 0.2) is 9.85 Å². The Morgan fingerprint density at radius 2 is 2.00 bits per heavy atom. The number of nitrogens with one attached hydrogen (secondary N) is 1. The lowest BCUT2D eigenvalue weighted by Crippen LogP contribution is -2.10. The molecule has 0 unspecified atom stereocenters. The SMILES string of the molecule is CNc1nc(-c2csc(C(C)(C)C)n2)nc(COC)c1Br. The number of ether oxygens (including phenoxy) is 1. The third-order valence-corrected chi connectivity index (χ3v) is 4.91. The molecule has 0 saturated carbocycles. The molecule has 1 N–H and O–H groups in total. The van der Waals surface area contributed by atoms with E-state index in [1.807, 2.05) is 12.4 Å². The van der Waals surface area contributed by atoms with Gasteiger partial charge in [-0.3, -0.25) is 0 Å². The van der Waals surface area contributed by atoms with Crippen molar-refractivity contribution in [1.82, 2.24) is 15.0 Å². The first-order valence-corrected chi connectivity index (χ1v) is 8.23. The molecule has 0 amide bonds. The summed E-state index contributed by atoms with van der Waals surface area (Å²) < 4.78 is 6.01. The van der Waals surface area contributed by atoms with Crippen molar-refractivity contribution in [3.05, 3.63) is 20.6 Å². The minimum atomic E-state index is 0.0273. The van der Waals surface area contributed by atoms with Crippen LogP contribution in [0.3, 0.4) is 0 Å². The quantitative estimate of drug-likeness (QED) is 0.885. The van der Waals surface area contributed by atoms with E-state index in [-0.39, 0.29) is 5.41 Å². The van der Waals surface area contributed by atoms with E-state index in [1.54, 1.807) is 18.4 Å². The predicted molar refractivity (Wildman–Crippen MR) is 89.8 cm³/mol. The van der Waals surface area contributed by atoms with Crippen LogP contribution in [0.1, 0.15) is 31.5 Å². The van der Waals surface area contributed by atoms with Crippen LogP contribution in [0.25, 0.3) is 11.5 Å². The highest BCUT2D eigenvalue weighted by Crippen LogP contribution is 2.31. The van der Waals surface area contributed by atoms with Crippen LogP contribution in [0, 0.1) is 0 Å². The molecular formula is C14H19BrN4OS. The van der Waals surface area contributed by atoms with Crippen molar-refractivity contribution in [1.29, 1.82) is 0 Å². The molecule has 7 heteroatoms. The Morgan fingerprint density at radius 3 is 2.52 bits per heavy atom. The average Bonchev–Trinajstić information content (AvgIpc) is 2.91. The Morgan fingerprint density at radius 1 is 1.29 bits per heavy atom. The van der Waals surface area contributed by atoms with Gasteiger partial charge in [0.15, 0.2) is 5.82 Å². The Bertz CT molecular complexity index is 636. The number of nitrogens with zero attached hydrogens (tertiary/aromatic N) is 3. The zero-order chi connectivity index (χ0) is 15.6. The summed E-state index contributed by atoms with van der Waals surface area (Å²) in [6, 6.07) is 0. The fraction of sp³-hybridized carbons (Fsp3) is 0.500. The largest absolute Gasteiger partial charge is 0.378 e. The van der Waals surface area contributed by atoms with Crippen LogP contribution >= 0.6 is 27.3 Å². The van der Waals surface area contributed by atoms with Crippen LogP contribution in [-0.2, 0) is 16.8 Å². The lowest BCUT2D eigenvalue weighted by Gasteiger charge is -2.13. The van der Waals surface area contributed by atoms with Crippen molar-refractivity contribution in [2.75, 3.05) is 19.5 Å². The molecule has 2 aromatic heterocycles. The first-order chi connectivity index (χ1) is 9.86. The smallest absolute Gasteiger partial charge is 0.181 e. The summed E-state index contributed by atoms with van der Waals surface area (Å²) in [5.41, 5.74) is 1.63. The van der Waals surface area contributed by atoms with Gasteiger partial charge in [-0.2, -0.15) is 0 Å². The maximum Gasteiger partial charge on any atom is 0.181 e. The molecule has 2 rings (SSSR count). The summed E-state index contributed by atoms with van der Waals surface area (Å²) in [6.07, 6.45) is 0. The third-order valence-electron chi connectivity index (χ3n) is 2.81. The van der Waals surface area contributed by atoms with Crippen LogP contribution in [0.5, 0.6) is 0 Å². The fourth-order valence-electron chi connectivity index (χ4n) is 1.73. The molecule has 0 fully saturated rings. The zero-order valence-corrected chi connectivity index (χ0v) is 15.2. The minimum Gasteiger partial charge on any atom is -0.378 e. The Kier molecular flexibility index (Phi) is 4.95. The first kappa shape index (κ1) is 16.3. The van der Waals surface area contributed by atoms with E-state index in [0.29, 0.717) is 12.4 Å². The number of hydrogen-bond acceptors (Lipinski definition) is 6. The molecule has 0 aliphatic heterocycles. The van der Waals surface area contributed by atoms with Gasteiger partial charge in [0, 0.05) is 25.0 Å². The third kappa shape index (κ3) is 3.59. The van der Waals surface area contributed by atoms with Crippen molar-refractivity contribution in [2.24, 2.45) is 0 Å². The summed E-state index contributed by atoms with van der Waals surface area (Å²) in [5.74, 6) is 1.35. The van der Waals surface area contributed by atoms with Crippen molar-refractivity contribution in [2.45, 2.75) is 32.8 Å². The van der Waals surface area contributed by atoms with Gasteiger partial charge in [0.2, 0.25) is 0 Å². The molecule has 0 aromatic carbocycles. The Balaban J connectivity index is 2.48.